The third-order valence-corrected chi connectivity index (χ3v) is 3.82. The molecule has 2 heterocycles. The standard InChI is InChI=1S/C17H16N4O6/c1-10(26-17(22)14-8-12(21(23)24)9-20(14)2)15-18-19-16(27-15)11-4-6-13(25-3)7-5-11/h4-10H,1-3H3. The van der Waals surface area contributed by atoms with Crippen LogP contribution >= 0.6 is 0 Å². The van der Waals surface area contributed by atoms with Crippen molar-refractivity contribution in [1.29, 1.82) is 0 Å². The number of carbonyl (C=O) groups excluding carboxylic acids is 1. The maximum absolute atomic E-state index is 12.3. The third kappa shape index (κ3) is 3.78. The molecular weight excluding hydrogens is 356 g/mol. The van der Waals surface area contributed by atoms with Gasteiger partial charge in [0.05, 0.1) is 18.2 Å². The molecule has 0 amide bonds. The van der Waals surface area contributed by atoms with Gasteiger partial charge in [-0.15, -0.1) is 10.2 Å². The molecule has 0 N–H and O–H groups in total. The zero-order valence-corrected chi connectivity index (χ0v) is 14.8. The lowest BCUT2D eigenvalue weighted by Crippen LogP contribution is -2.12. The molecule has 0 radical (unpaired) electrons. The molecule has 0 aliphatic carbocycles. The SMILES string of the molecule is COc1ccc(-c2nnc(C(C)OC(=O)c3cc([N+](=O)[O-])cn3C)o2)cc1. The van der Waals surface area contributed by atoms with Gasteiger partial charge in [0, 0.05) is 18.7 Å². The van der Waals surface area contributed by atoms with E-state index >= 15 is 0 Å². The molecule has 0 fully saturated rings. The average molecular weight is 372 g/mol. The Labute approximate surface area is 153 Å². The number of benzene rings is 1. The summed E-state index contributed by atoms with van der Waals surface area (Å²) in [5.41, 5.74) is 0.534. The second kappa shape index (κ2) is 7.28. The molecule has 10 nitrogen and oxygen atoms in total. The summed E-state index contributed by atoms with van der Waals surface area (Å²) >= 11 is 0. The lowest BCUT2D eigenvalue weighted by Gasteiger charge is -2.09. The van der Waals surface area contributed by atoms with Gasteiger partial charge in [-0.1, -0.05) is 0 Å². The van der Waals surface area contributed by atoms with Crippen LogP contribution in [0.15, 0.2) is 40.9 Å². The molecule has 3 rings (SSSR count). The van der Waals surface area contributed by atoms with E-state index in [0.29, 0.717) is 11.3 Å². The number of nitrogens with zero attached hydrogens (tertiary/aromatic N) is 4. The highest BCUT2D eigenvalue weighted by Crippen LogP contribution is 2.25. The number of carbonyl (C=O) groups is 1. The first-order chi connectivity index (χ1) is 12.9. The topological polar surface area (TPSA) is 123 Å². The Hall–Kier alpha value is -3.69. The van der Waals surface area contributed by atoms with Gasteiger partial charge in [-0.25, -0.2) is 4.79 Å². The molecule has 0 bridgehead atoms. The minimum absolute atomic E-state index is 0.0449. The number of rotatable bonds is 6. The quantitative estimate of drug-likeness (QED) is 0.368. The van der Waals surface area contributed by atoms with E-state index < -0.39 is 17.0 Å². The van der Waals surface area contributed by atoms with Gasteiger partial charge < -0.3 is 18.5 Å². The number of hydrogen-bond donors (Lipinski definition) is 0. The van der Waals surface area contributed by atoms with Gasteiger partial charge in [-0.2, -0.15) is 0 Å². The van der Waals surface area contributed by atoms with E-state index in [-0.39, 0.29) is 23.2 Å². The summed E-state index contributed by atoms with van der Waals surface area (Å²) in [5, 5.41) is 18.7. The fraction of sp³-hybridized carbons (Fsp3) is 0.235. The van der Waals surface area contributed by atoms with Crippen LogP contribution in [0.25, 0.3) is 11.5 Å². The monoisotopic (exact) mass is 372 g/mol. The van der Waals surface area contributed by atoms with Crippen LogP contribution in [0.5, 0.6) is 5.75 Å². The van der Waals surface area contributed by atoms with Gasteiger partial charge in [0.15, 0.2) is 6.10 Å². The largest absolute Gasteiger partial charge is 0.497 e. The Bertz CT molecular complexity index is 976. The highest BCUT2D eigenvalue weighted by Gasteiger charge is 2.24. The molecule has 0 spiro atoms. The highest BCUT2D eigenvalue weighted by atomic mass is 16.6. The van der Waals surface area contributed by atoms with Gasteiger partial charge >= 0.3 is 5.97 Å². The molecule has 0 saturated heterocycles. The fourth-order valence-corrected chi connectivity index (χ4v) is 2.37. The van der Waals surface area contributed by atoms with Gasteiger partial charge in [0.2, 0.25) is 5.89 Å². The van der Waals surface area contributed by atoms with Crippen molar-refractivity contribution in [3.8, 4) is 17.2 Å². The summed E-state index contributed by atoms with van der Waals surface area (Å²) in [6, 6.07) is 8.17. The van der Waals surface area contributed by atoms with Crippen LogP contribution in [-0.4, -0.2) is 32.8 Å². The highest BCUT2D eigenvalue weighted by molar-refractivity contribution is 5.88. The van der Waals surface area contributed by atoms with Crippen molar-refractivity contribution in [1.82, 2.24) is 14.8 Å². The number of nitro groups is 1. The van der Waals surface area contributed by atoms with Crippen LogP contribution < -0.4 is 4.74 Å². The van der Waals surface area contributed by atoms with Crippen molar-refractivity contribution < 1.29 is 23.6 Å². The second-order valence-corrected chi connectivity index (χ2v) is 5.67. The van der Waals surface area contributed by atoms with Crippen LogP contribution in [0.2, 0.25) is 0 Å². The van der Waals surface area contributed by atoms with E-state index in [1.807, 2.05) is 0 Å². The van der Waals surface area contributed by atoms with Gasteiger partial charge in [-0.05, 0) is 31.2 Å². The number of esters is 1. The first-order valence-corrected chi connectivity index (χ1v) is 7.88. The summed E-state index contributed by atoms with van der Waals surface area (Å²) in [6.07, 6.45) is 0.404. The predicted molar refractivity (Wildman–Crippen MR) is 92.2 cm³/mol. The molecule has 10 heteroatoms. The molecule has 0 aliphatic heterocycles. The van der Waals surface area contributed by atoms with Crippen molar-refractivity contribution in [2.75, 3.05) is 7.11 Å². The van der Waals surface area contributed by atoms with E-state index in [1.165, 1.54) is 17.8 Å². The average Bonchev–Trinajstić information content (AvgIpc) is 3.29. The van der Waals surface area contributed by atoms with Crippen LogP contribution in [0.1, 0.15) is 29.4 Å². The van der Waals surface area contributed by atoms with E-state index in [4.69, 9.17) is 13.9 Å². The Morgan fingerprint density at radius 3 is 2.59 bits per heavy atom. The van der Waals surface area contributed by atoms with Crippen LogP contribution in [0.4, 0.5) is 5.69 Å². The Morgan fingerprint density at radius 1 is 1.30 bits per heavy atom. The molecule has 2 aromatic heterocycles. The van der Waals surface area contributed by atoms with Gasteiger partial charge in [0.1, 0.15) is 11.4 Å². The van der Waals surface area contributed by atoms with E-state index in [0.717, 1.165) is 6.07 Å². The van der Waals surface area contributed by atoms with Crippen molar-refractivity contribution in [3.63, 3.8) is 0 Å². The van der Waals surface area contributed by atoms with Crippen molar-refractivity contribution in [2.24, 2.45) is 7.05 Å². The molecule has 1 unspecified atom stereocenters. The fourth-order valence-electron chi connectivity index (χ4n) is 2.37. The maximum Gasteiger partial charge on any atom is 0.355 e. The third-order valence-electron chi connectivity index (χ3n) is 3.82. The predicted octanol–water partition coefficient (Wildman–Crippen LogP) is 2.91. The van der Waals surface area contributed by atoms with Crippen molar-refractivity contribution in [2.45, 2.75) is 13.0 Å². The first-order valence-electron chi connectivity index (χ1n) is 7.88. The second-order valence-electron chi connectivity index (χ2n) is 5.67. The molecular formula is C17H16N4O6. The lowest BCUT2D eigenvalue weighted by atomic mass is 10.2. The van der Waals surface area contributed by atoms with Crippen LogP contribution in [0, 0.1) is 10.1 Å². The van der Waals surface area contributed by atoms with E-state index in [9.17, 15) is 14.9 Å². The Balaban J connectivity index is 1.73. The molecule has 1 atom stereocenters. The molecule has 27 heavy (non-hydrogen) atoms. The molecule has 140 valence electrons. The summed E-state index contributed by atoms with van der Waals surface area (Å²) in [6.45, 7) is 1.57. The maximum atomic E-state index is 12.3. The van der Waals surface area contributed by atoms with Crippen LogP contribution in [-0.2, 0) is 11.8 Å². The summed E-state index contributed by atoms with van der Waals surface area (Å²) < 4.78 is 17.3. The lowest BCUT2D eigenvalue weighted by molar-refractivity contribution is -0.384. The van der Waals surface area contributed by atoms with Gasteiger partial charge in [0.25, 0.3) is 11.6 Å². The number of ether oxygens (including phenoxy) is 2. The van der Waals surface area contributed by atoms with E-state index in [2.05, 4.69) is 10.2 Å². The normalized spacial score (nSPS) is 11.8. The number of hydrogen-bond acceptors (Lipinski definition) is 8. The van der Waals surface area contributed by atoms with Crippen molar-refractivity contribution >= 4 is 11.7 Å². The molecule has 0 aliphatic rings. The zero-order valence-electron chi connectivity index (χ0n) is 14.8. The first kappa shape index (κ1) is 18.1. The van der Waals surface area contributed by atoms with Crippen LogP contribution in [0.3, 0.4) is 0 Å². The Kier molecular flexibility index (Phi) is 4.88. The number of aromatic nitrogens is 3. The summed E-state index contributed by atoms with van der Waals surface area (Å²) in [4.78, 5) is 22.5. The summed E-state index contributed by atoms with van der Waals surface area (Å²) in [7, 11) is 3.08. The van der Waals surface area contributed by atoms with Crippen molar-refractivity contribution in [3.05, 3.63) is 58.2 Å². The zero-order chi connectivity index (χ0) is 19.6. The van der Waals surface area contributed by atoms with Gasteiger partial charge in [-0.3, -0.25) is 10.1 Å². The number of aryl methyl sites for hydroxylation is 1. The minimum atomic E-state index is -0.828. The molecule has 3 aromatic rings. The smallest absolute Gasteiger partial charge is 0.355 e. The number of methoxy groups -OCH3 is 1. The molecule has 0 saturated carbocycles. The minimum Gasteiger partial charge on any atom is -0.497 e. The molecule has 1 aromatic carbocycles. The Morgan fingerprint density at radius 2 is 2.00 bits per heavy atom. The summed E-state index contributed by atoms with van der Waals surface area (Å²) in [5.74, 6) is 0.336. The van der Waals surface area contributed by atoms with E-state index in [1.54, 1.807) is 38.3 Å².